The van der Waals surface area contributed by atoms with Crippen molar-refractivity contribution in [2.24, 2.45) is 4.99 Å². The minimum Gasteiger partial charge on any atom is -0.490 e. The normalized spacial score (nSPS) is 15.3. The first-order valence-corrected chi connectivity index (χ1v) is 10.1. The smallest absolute Gasteiger partial charge is 0.363 e. The zero-order chi connectivity index (χ0) is 22.5. The molecule has 0 spiro atoms. The van der Waals surface area contributed by atoms with E-state index in [2.05, 4.69) is 4.99 Å². The summed E-state index contributed by atoms with van der Waals surface area (Å²) in [6.07, 6.45) is 0.925. The van der Waals surface area contributed by atoms with Crippen molar-refractivity contribution < 1.29 is 23.8 Å². The maximum atomic E-state index is 12.3. The summed E-state index contributed by atoms with van der Waals surface area (Å²) >= 11 is 6.00. The van der Waals surface area contributed by atoms with Crippen LogP contribution >= 0.6 is 11.6 Å². The van der Waals surface area contributed by atoms with E-state index in [0.29, 0.717) is 34.3 Å². The fourth-order valence-electron chi connectivity index (χ4n) is 2.90. The number of carbonyl (C=O) groups is 2. The lowest BCUT2D eigenvalue weighted by Gasteiger charge is -2.20. The third kappa shape index (κ3) is 5.44. The topological polar surface area (TPSA) is 77.4 Å². The Morgan fingerprint density at radius 2 is 2.00 bits per heavy atom. The number of carbonyl (C=O) groups excluding carboxylic acids is 2. The molecule has 3 rings (SSSR count). The number of hydrogen-bond acceptors (Lipinski definition) is 6. The van der Waals surface area contributed by atoms with E-state index in [-0.39, 0.29) is 17.5 Å². The van der Waals surface area contributed by atoms with Crippen molar-refractivity contribution in [1.29, 1.82) is 0 Å². The number of ether oxygens (including phenoxy) is 3. The fourth-order valence-corrected chi connectivity index (χ4v) is 3.09. The minimum absolute atomic E-state index is 0.155. The Hall–Kier alpha value is -3.32. The standard InChI is InChI=1S/C23H23ClN2O5/c1-5-29-20-12-15(9-10-19(20)30-14(2)22(27)26(3)4)11-18-23(28)31-21(25-18)16-7-6-8-17(24)13-16/h6-14H,5H2,1-4H3/b18-11-. The van der Waals surface area contributed by atoms with Crippen molar-refractivity contribution in [2.45, 2.75) is 20.0 Å². The van der Waals surface area contributed by atoms with Gasteiger partial charge in [-0.3, -0.25) is 4.79 Å². The van der Waals surface area contributed by atoms with E-state index in [4.69, 9.17) is 25.8 Å². The number of cyclic esters (lactones) is 1. The fraction of sp³-hybridized carbons (Fsp3) is 0.261. The van der Waals surface area contributed by atoms with Gasteiger partial charge in [-0.15, -0.1) is 0 Å². The first-order chi connectivity index (χ1) is 14.8. The molecule has 0 saturated heterocycles. The van der Waals surface area contributed by atoms with E-state index < -0.39 is 12.1 Å². The summed E-state index contributed by atoms with van der Waals surface area (Å²) in [5, 5.41) is 0.521. The van der Waals surface area contributed by atoms with Crippen LogP contribution in [0.1, 0.15) is 25.0 Å². The average Bonchev–Trinajstić information content (AvgIpc) is 3.09. The number of rotatable bonds is 7. The molecule has 0 aliphatic carbocycles. The van der Waals surface area contributed by atoms with Crippen LogP contribution < -0.4 is 9.47 Å². The van der Waals surface area contributed by atoms with E-state index >= 15 is 0 Å². The number of hydrogen-bond donors (Lipinski definition) is 0. The lowest BCUT2D eigenvalue weighted by Crippen LogP contribution is -2.35. The van der Waals surface area contributed by atoms with E-state index in [9.17, 15) is 9.59 Å². The highest BCUT2D eigenvalue weighted by molar-refractivity contribution is 6.31. The van der Waals surface area contributed by atoms with Gasteiger partial charge in [0, 0.05) is 24.7 Å². The van der Waals surface area contributed by atoms with Gasteiger partial charge < -0.3 is 19.1 Å². The molecule has 31 heavy (non-hydrogen) atoms. The second-order valence-corrected chi connectivity index (χ2v) is 7.41. The van der Waals surface area contributed by atoms with Crippen LogP contribution in [0.5, 0.6) is 11.5 Å². The molecule has 0 N–H and O–H groups in total. The van der Waals surface area contributed by atoms with Gasteiger partial charge in [-0.25, -0.2) is 9.79 Å². The van der Waals surface area contributed by atoms with Gasteiger partial charge in [0.05, 0.1) is 6.61 Å². The lowest BCUT2D eigenvalue weighted by molar-refractivity contribution is -0.135. The molecule has 0 aromatic heterocycles. The van der Waals surface area contributed by atoms with Crippen LogP contribution in [0, 0.1) is 0 Å². The second kappa shape index (κ2) is 9.66. The summed E-state index contributed by atoms with van der Waals surface area (Å²) in [4.78, 5) is 30.1. The molecule has 8 heteroatoms. The van der Waals surface area contributed by atoms with Crippen LogP contribution in [-0.2, 0) is 14.3 Å². The van der Waals surface area contributed by atoms with Crippen molar-refractivity contribution in [3.63, 3.8) is 0 Å². The molecule has 0 bridgehead atoms. The molecule has 0 radical (unpaired) electrons. The summed E-state index contributed by atoms with van der Waals surface area (Å²) < 4.78 is 16.7. The maximum Gasteiger partial charge on any atom is 0.363 e. The maximum absolute atomic E-state index is 12.3. The SMILES string of the molecule is CCOc1cc(/C=C2\N=C(c3cccc(Cl)c3)OC2=O)ccc1OC(C)C(=O)N(C)C. The van der Waals surface area contributed by atoms with Gasteiger partial charge in [0.2, 0.25) is 5.90 Å². The Balaban J connectivity index is 1.87. The molecule has 1 aliphatic rings. The number of aliphatic imine (C=N–C) groups is 1. The summed E-state index contributed by atoms with van der Waals surface area (Å²) in [7, 11) is 3.33. The highest BCUT2D eigenvalue weighted by atomic mass is 35.5. The highest BCUT2D eigenvalue weighted by Crippen LogP contribution is 2.31. The Labute approximate surface area is 185 Å². The van der Waals surface area contributed by atoms with Crippen LogP contribution in [0.4, 0.5) is 0 Å². The van der Waals surface area contributed by atoms with Crippen LogP contribution in [0.2, 0.25) is 5.02 Å². The van der Waals surface area contributed by atoms with E-state index in [1.54, 1.807) is 69.6 Å². The van der Waals surface area contributed by atoms with Gasteiger partial charge in [0.1, 0.15) is 0 Å². The minimum atomic E-state index is -0.673. The van der Waals surface area contributed by atoms with Crippen molar-refractivity contribution >= 4 is 35.5 Å². The molecule has 7 nitrogen and oxygen atoms in total. The summed E-state index contributed by atoms with van der Waals surface area (Å²) in [6, 6.07) is 12.1. The van der Waals surface area contributed by atoms with E-state index in [1.165, 1.54) is 4.90 Å². The molecular formula is C23H23ClN2O5. The monoisotopic (exact) mass is 442 g/mol. The first kappa shape index (κ1) is 22.4. The molecule has 162 valence electrons. The van der Waals surface area contributed by atoms with Gasteiger partial charge in [0.15, 0.2) is 23.3 Å². The van der Waals surface area contributed by atoms with Crippen LogP contribution in [-0.4, -0.2) is 49.5 Å². The number of halogens is 1. The van der Waals surface area contributed by atoms with Gasteiger partial charge in [-0.2, -0.15) is 0 Å². The molecule has 1 atom stereocenters. The Bertz CT molecular complexity index is 1060. The number of nitrogens with zero attached hydrogens (tertiary/aromatic N) is 2. The van der Waals surface area contributed by atoms with Crippen LogP contribution in [0.3, 0.4) is 0 Å². The summed E-state index contributed by atoms with van der Waals surface area (Å²) in [5.41, 5.74) is 1.44. The zero-order valence-electron chi connectivity index (χ0n) is 17.7. The number of esters is 1. The first-order valence-electron chi connectivity index (χ1n) is 9.71. The second-order valence-electron chi connectivity index (χ2n) is 6.98. The van der Waals surface area contributed by atoms with Crippen molar-refractivity contribution in [2.75, 3.05) is 20.7 Å². The average molecular weight is 443 g/mol. The third-order valence-corrected chi connectivity index (χ3v) is 4.59. The van der Waals surface area contributed by atoms with Gasteiger partial charge in [-0.05, 0) is 55.8 Å². The number of benzene rings is 2. The third-order valence-electron chi connectivity index (χ3n) is 4.36. The summed E-state index contributed by atoms with van der Waals surface area (Å²) in [5.74, 6) is 0.368. The van der Waals surface area contributed by atoms with Crippen molar-refractivity contribution in [1.82, 2.24) is 4.90 Å². The number of likely N-dealkylation sites (N-methyl/N-ethyl adjacent to an activating group) is 1. The highest BCUT2D eigenvalue weighted by Gasteiger charge is 2.25. The van der Waals surface area contributed by atoms with Crippen LogP contribution in [0.25, 0.3) is 6.08 Å². The van der Waals surface area contributed by atoms with Crippen molar-refractivity contribution in [3.05, 3.63) is 64.3 Å². The Morgan fingerprint density at radius 3 is 2.68 bits per heavy atom. The van der Waals surface area contributed by atoms with Crippen molar-refractivity contribution in [3.8, 4) is 11.5 Å². The molecule has 1 aliphatic heterocycles. The molecule has 0 saturated carbocycles. The van der Waals surface area contributed by atoms with Gasteiger partial charge in [-0.1, -0.05) is 23.7 Å². The molecule has 2 aromatic rings. The number of amides is 1. The predicted octanol–water partition coefficient (Wildman–Crippen LogP) is 3.94. The summed E-state index contributed by atoms with van der Waals surface area (Å²) in [6.45, 7) is 3.93. The van der Waals surface area contributed by atoms with Gasteiger partial charge >= 0.3 is 5.97 Å². The Kier molecular flexibility index (Phi) is 6.97. The lowest BCUT2D eigenvalue weighted by atomic mass is 10.1. The quantitative estimate of drug-likeness (QED) is 0.479. The molecule has 2 aromatic carbocycles. The largest absolute Gasteiger partial charge is 0.490 e. The molecule has 0 fully saturated rings. The van der Waals surface area contributed by atoms with Crippen LogP contribution in [0.15, 0.2) is 53.2 Å². The molecular weight excluding hydrogens is 420 g/mol. The predicted molar refractivity (Wildman–Crippen MR) is 118 cm³/mol. The molecule has 1 unspecified atom stereocenters. The van der Waals surface area contributed by atoms with E-state index in [0.717, 1.165) is 0 Å². The van der Waals surface area contributed by atoms with E-state index in [1.807, 2.05) is 6.92 Å². The molecule has 1 heterocycles. The Morgan fingerprint density at radius 1 is 1.23 bits per heavy atom. The van der Waals surface area contributed by atoms with Gasteiger partial charge in [0.25, 0.3) is 5.91 Å². The molecule has 1 amide bonds. The zero-order valence-corrected chi connectivity index (χ0v) is 18.5.